The van der Waals surface area contributed by atoms with Crippen LogP contribution in [0.25, 0.3) is 0 Å². The Hall–Kier alpha value is -2.31. The Bertz CT molecular complexity index is 446. The Kier molecular flexibility index (Phi) is 1.70. The van der Waals surface area contributed by atoms with Crippen LogP contribution in [0.4, 0.5) is 4.79 Å². The number of aliphatic imine (C=N–C) groups is 1. The predicted octanol–water partition coefficient (Wildman–Crippen LogP) is -0.982. The van der Waals surface area contributed by atoms with Crippen molar-refractivity contribution in [2.24, 2.45) is 4.99 Å². The van der Waals surface area contributed by atoms with Crippen LogP contribution in [0.3, 0.4) is 0 Å². The average molecular weight is 192 g/mol. The molecule has 70 valence electrons. The van der Waals surface area contributed by atoms with E-state index in [1.807, 2.05) is 0 Å². The second-order valence-corrected chi connectivity index (χ2v) is 2.52. The fourth-order valence-corrected chi connectivity index (χ4v) is 1.01. The highest BCUT2D eigenvalue weighted by molar-refractivity contribution is 6.70. The summed E-state index contributed by atoms with van der Waals surface area (Å²) in [6.07, 6.45) is 1.39. The van der Waals surface area contributed by atoms with Gasteiger partial charge in [0.1, 0.15) is 5.71 Å². The molecule has 1 aliphatic heterocycles. The maximum atomic E-state index is 11.2. The molecule has 2 rings (SSSR count). The molecule has 0 atom stereocenters. The van der Waals surface area contributed by atoms with E-state index in [2.05, 4.69) is 15.2 Å². The highest BCUT2D eigenvalue weighted by Crippen LogP contribution is 2.01. The van der Waals surface area contributed by atoms with Crippen molar-refractivity contribution >= 4 is 23.4 Å². The molecule has 1 aliphatic rings. The van der Waals surface area contributed by atoms with E-state index in [1.54, 1.807) is 5.32 Å². The molecule has 2 heterocycles. The van der Waals surface area contributed by atoms with Crippen molar-refractivity contribution in [3.8, 4) is 0 Å². The Labute approximate surface area is 77.2 Å². The highest BCUT2D eigenvalue weighted by Gasteiger charge is 2.29. The van der Waals surface area contributed by atoms with E-state index in [1.165, 1.54) is 12.3 Å². The number of rotatable bonds is 1. The van der Waals surface area contributed by atoms with Gasteiger partial charge in [-0.25, -0.2) is 4.79 Å². The van der Waals surface area contributed by atoms with Gasteiger partial charge in [0.05, 0.1) is 5.69 Å². The molecule has 0 fully saturated rings. The monoisotopic (exact) mass is 192 g/mol. The third kappa shape index (κ3) is 1.20. The number of nitrogens with zero attached hydrogens (tertiary/aromatic N) is 2. The molecule has 14 heavy (non-hydrogen) atoms. The van der Waals surface area contributed by atoms with Gasteiger partial charge in [0, 0.05) is 6.20 Å². The second kappa shape index (κ2) is 2.87. The Morgan fingerprint density at radius 2 is 2.00 bits per heavy atom. The zero-order valence-corrected chi connectivity index (χ0v) is 6.77. The lowest BCUT2D eigenvalue weighted by Crippen LogP contribution is -2.43. The van der Waals surface area contributed by atoms with Crippen molar-refractivity contribution in [1.82, 2.24) is 15.5 Å². The molecular formula is C7H4N4O3. The molecule has 1 aromatic heterocycles. The van der Waals surface area contributed by atoms with E-state index in [0.717, 1.165) is 0 Å². The van der Waals surface area contributed by atoms with Crippen LogP contribution in [0.1, 0.15) is 5.69 Å². The van der Waals surface area contributed by atoms with Crippen molar-refractivity contribution in [2.75, 3.05) is 0 Å². The van der Waals surface area contributed by atoms with E-state index in [-0.39, 0.29) is 11.4 Å². The van der Waals surface area contributed by atoms with Gasteiger partial charge in [-0.15, -0.1) is 0 Å². The summed E-state index contributed by atoms with van der Waals surface area (Å²) in [7, 11) is 0. The smallest absolute Gasteiger partial charge is 0.281 e. The maximum absolute atomic E-state index is 11.2. The molecular weight excluding hydrogens is 188 g/mol. The Morgan fingerprint density at radius 1 is 1.21 bits per heavy atom. The number of Topliss-reactive ketones (excluding diaryl/α,β-unsaturated/α-hetero) is 1. The third-order valence-electron chi connectivity index (χ3n) is 1.61. The van der Waals surface area contributed by atoms with Crippen LogP contribution in [-0.2, 0) is 9.59 Å². The number of nitrogens with one attached hydrogen (secondary N) is 2. The lowest BCUT2D eigenvalue weighted by molar-refractivity contribution is -0.133. The fourth-order valence-electron chi connectivity index (χ4n) is 1.01. The van der Waals surface area contributed by atoms with E-state index in [4.69, 9.17) is 0 Å². The first-order valence-electron chi connectivity index (χ1n) is 3.66. The fraction of sp³-hybridized carbons (Fsp3) is 0. The maximum Gasteiger partial charge on any atom is 0.348 e. The van der Waals surface area contributed by atoms with Crippen molar-refractivity contribution in [3.63, 3.8) is 0 Å². The van der Waals surface area contributed by atoms with Crippen molar-refractivity contribution < 1.29 is 14.4 Å². The first kappa shape index (κ1) is 8.30. The van der Waals surface area contributed by atoms with E-state index in [0.29, 0.717) is 0 Å². The van der Waals surface area contributed by atoms with Gasteiger partial charge in [-0.3, -0.25) is 20.0 Å². The Morgan fingerprint density at radius 3 is 2.64 bits per heavy atom. The van der Waals surface area contributed by atoms with Gasteiger partial charge >= 0.3 is 11.9 Å². The summed E-state index contributed by atoms with van der Waals surface area (Å²) in [5.74, 6) is -1.83. The molecule has 3 amide bonds. The molecule has 0 aliphatic carbocycles. The minimum atomic E-state index is -0.977. The molecule has 0 radical (unpaired) electrons. The lowest BCUT2D eigenvalue weighted by Gasteiger charge is -2.07. The zero-order chi connectivity index (χ0) is 10.1. The van der Waals surface area contributed by atoms with Crippen LogP contribution in [0.15, 0.2) is 17.3 Å². The van der Waals surface area contributed by atoms with Crippen LogP contribution < -0.4 is 5.32 Å². The number of hydrogen-bond donors (Lipinski definition) is 2. The first-order chi connectivity index (χ1) is 6.68. The van der Waals surface area contributed by atoms with Crippen molar-refractivity contribution in [3.05, 3.63) is 18.0 Å². The van der Waals surface area contributed by atoms with Crippen LogP contribution >= 0.6 is 0 Å². The molecule has 1 aromatic rings. The lowest BCUT2D eigenvalue weighted by atomic mass is 10.1. The van der Waals surface area contributed by atoms with Gasteiger partial charge in [-0.05, 0) is 6.07 Å². The van der Waals surface area contributed by atoms with Gasteiger partial charge < -0.3 is 0 Å². The van der Waals surface area contributed by atoms with E-state index in [9.17, 15) is 14.4 Å². The van der Waals surface area contributed by atoms with Crippen molar-refractivity contribution in [2.45, 2.75) is 0 Å². The largest absolute Gasteiger partial charge is 0.348 e. The SMILES string of the molecule is O=C1N=C(c2ccn[nH]2)C(=O)C(=O)N1. The normalized spacial score (nSPS) is 16.6. The van der Waals surface area contributed by atoms with Gasteiger partial charge in [-0.2, -0.15) is 10.1 Å². The summed E-state index contributed by atoms with van der Waals surface area (Å²) in [5, 5.41) is 7.80. The van der Waals surface area contributed by atoms with Crippen LogP contribution in [0.2, 0.25) is 0 Å². The molecule has 0 saturated carbocycles. The quantitative estimate of drug-likeness (QED) is 0.558. The number of amides is 3. The third-order valence-corrected chi connectivity index (χ3v) is 1.61. The predicted molar refractivity (Wildman–Crippen MR) is 43.7 cm³/mol. The minimum absolute atomic E-state index is 0.212. The van der Waals surface area contributed by atoms with Crippen LogP contribution in [0, 0.1) is 0 Å². The number of urea groups is 1. The number of carbonyl (C=O) groups excluding carboxylic acids is 3. The number of imide groups is 1. The number of hydrogen-bond acceptors (Lipinski definition) is 4. The molecule has 0 unspecified atom stereocenters. The van der Waals surface area contributed by atoms with E-state index >= 15 is 0 Å². The average Bonchev–Trinajstić information content (AvgIpc) is 2.63. The van der Waals surface area contributed by atoms with Crippen LogP contribution in [0.5, 0.6) is 0 Å². The summed E-state index contributed by atoms with van der Waals surface area (Å²) < 4.78 is 0. The van der Waals surface area contributed by atoms with Crippen LogP contribution in [-0.4, -0.2) is 33.6 Å². The van der Waals surface area contributed by atoms with Crippen molar-refractivity contribution in [1.29, 1.82) is 0 Å². The van der Waals surface area contributed by atoms with Gasteiger partial charge in [0.2, 0.25) is 0 Å². The summed E-state index contributed by atoms with van der Waals surface area (Å²) in [6.45, 7) is 0. The Balaban J connectivity index is 2.48. The first-order valence-corrected chi connectivity index (χ1v) is 3.66. The number of H-pyrrole nitrogens is 1. The number of aromatic nitrogens is 2. The minimum Gasteiger partial charge on any atom is -0.281 e. The molecule has 2 N–H and O–H groups in total. The molecule has 0 saturated heterocycles. The summed E-state index contributed by atoms with van der Waals surface area (Å²) in [4.78, 5) is 36.3. The standard InChI is InChI=1S/C7H4N4O3/c12-5-4(3-1-2-8-11-3)9-7(14)10-6(5)13/h1-2H,(H,8,11)(H,10,13,14). The number of aromatic amines is 1. The zero-order valence-electron chi connectivity index (χ0n) is 6.77. The number of ketones is 1. The highest BCUT2D eigenvalue weighted by atomic mass is 16.2. The topological polar surface area (TPSA) is 104 Å². The van der Waals surface area contributed by atoms with Gasteiger partial charge in [0.15, 0.2) is 0 Å². The second-order valence-electron chi connectivity index (χ2n) is 2.52. The molecule has 7 nitrogen and oxygen atoms in total. The number of carbonyl (C=O) groups is 3. The van der Waals surface area contributed by atoms with Gasteiger partial charge in [-0.1, -0.05) is 0 Å². The molecule has 0 bridgehead atoms. The summed E-state index contributed by atoms with van der Waals surface area (Å²) in [6, 6.07) is 0.599. The summed E-state index contributed by atoms with van der Waals surface area (Å²) >= 11 is 0. The molecule has 0 aromatic carbocycles. The van der Waals surface area contributed by atoms with E-state index < -0.39 is 17.7 Å². The molecule has 7 heteroatoms. The summed E-state index contributed by atoms with van der Waals surface area (Å²) in [5.41, 5.74) is 0.0365. The van der Waals surface area contributed by atoms with Gasteiger partial charge in [0.25, 0.3) is 5.78 Å². The molecule has 0 spiro atoms.